The molecule has 5 heteroatoms. The van der Waals surface area contributed by atoms with E-state index in [1.54, 1.807) is 0 Å². The largest absolute Gasteiger partial charge is 0.323 e. The van der Waals surface area contributed by atoms with Crippen molar-refractivity contribution in [2.24, 2.45) is 0 Å². The first kappa shape index (κ1) is 13.5. The van der Waals surface area contributed by atoms with E-state index in [0.29, 0.717) is 5.69 Å². The number of amides is 2. The van der Waals surface area contributed by atoms with Crippen LogP contribution >= 0.6 is 0 Å². The zero-order chi connectivity index (χ0) is 14.8. The summed E-state index contributed by atoms with van der Waals surface area (Å²) in [7, 11) is 0. The molecule has 0 atom stereocenters. The number of benzene rings is 2. The highest BCUT2D eigenvalue weighted by Crippen LogP contribution is 2.25. The zero-order valence-corrected chi connectivity index (χ0v) is 11.2. The van der Waals surface area contributed by atoms with Crippen LogP contribution in [0.1, 0.15) is 17.5 Å². The summed E-state index contributed by atoms with van der Waals surface area (Å²) in [6.07, 6.45) is 3.24. The van der Waals surface area contributed by atoms with Crippen molar-refractivity contribution in [3.05, 3.63) is 59.2 Å². The predicted molar refractivity (Wildman–Crippen MR) is 77.5 cm³/mol. The number of rotatable bonds is 2. The van der Waals surface area contributed by atoms with Gasteiger partial charge in [-0.25, -0.2) is 13.6 Å². The van der Waals surface area contributed by atoms with E-state index in [9.17, 15) is 13.6 Å². The fourth-order valence-corrected chi connectivity index (χ4v) is 2.52. The number of carbonyl (C=O) groups excluding carboxylic acids is 1. The van der Waals surface area contributed by atoms with Crippen molar-refractivity contribution in [3.63, 3.8) is 0 Å². The van der Waals surface area contributed by atoms with Crippen LogP contribution in [0.3, 0.4) is 0 Å². The minimum Gasteiger partial charge on any atom is -0.308 e. The van der Waals surface area contributed by atoms with Crippen molar-refractivity contribution < 1.29 is 13.6 Å². The summed E-state index contributed by atoms with van der Waals surface area (Å²) in [4.78, 5) is 11.8. The van der Waals surface area contributed by atoms with E-state index in [0.717, 1.165) is 31.4 Å². The van der Waals surface area contributed by atoms with E-state index >= 15 is 0 Å². The molecule has 0 spiro atoms. The minimum absolute atomic E-state index is 0.201. The molecule has 0 aromatic heterocycles. The van der Waals surface area contributed by atoms with Gasteiger partial charge in [-0.1, -0.05) is 6.07 Å². The van der Waals surface area contributed by atoms with Gasteiger partial charge in [-0.3, -0.25) is 0 Å². The zero-order valence-electron chi connectivity index (χ0n) is 11.2. The normalized spacial score (nSPS) is 12.9. The first-order valence-electron chi connectivity index (χ1n) is 6.77. The molecule has 2 aromatic carbocycles. The molecule has 0 unspecified atom stereocenters. The molecule has 1 aliphatic rings. The molecule has 0 saturated carbocycles. The Labute approximate surface area is 121 Å². The third kappa shape index (κ3) is 3.02. The van der Waals surface area contributed by atoms with E-state index in [4.69, 9.17) is 0 Å². The average Bonchev–Trinajstić information content (AvgIpc) is 2.90. The van der Waals surface area contributed by atoms with Crippen LogP contribution in [0.25, 0.3) is 0 Å². The van der Waals surface area contributed by atoms with Gasteiger partial charge in [-0.2, -0.15) is 0 Å². The van der Waals surface area contributed by atoms with E-state index in [2.05, 4.69) is 10.6 Å². The van der Waals surface area contributed by atoms with Crippen molar-refractivity contribution in [2.75, 3.05) is 10.6 Å². The number of hydrogen-bond acceptors (Lipinski definition) is 1. The van der Waals surface area contributed by atoms with E-state index in [-0.39, 0.29) is 5.69 Å². The molecule has 0 heterocycles. The van der Waals surface area contributed by atoms with Gasteiger partial charge in [0, 0.05) is 17.4 Å². The lowest BCUT2D eigenvalue weighted by Crippen LogP contribution is -2.19. The summed E-state index contributed by atoms with van der Waals surface area (Å²) in [5, 5.41) is 5.16. The van der Waals surface area contributed by atoms with Crippen molar-refractivity contribution in [1.29, 1.82) is 0 Å². The Morgan fingerprint density at radius 2 is 1.52 bits per heavy atom. The van der Waals surface area contributed by atoms with Crippen LogP contribution in [0.5, 0.6) is 0 Å². The Hall–Kier alpha value is -2.43. The van der Waals surface area contributed by atoms with Gasteiger partial charge >= 0.3 is 6.03 Å². The summed E-state index contributed by atoms with van der Waals surface area (Å²) in [6, 6.07) is 8.54. The van der Waals surface area contributed by atoms with Gasteiger partial charge in [-0.05, 0) is 54.7 Å². The number of nitrogens with one attached hydrogen (secondary N) is 2. The van der Waals surface area contributed by atoms with Crippen molar-refractivity contribution in [1.82, 2.24) is 0 Å². The standard InChI is InChI=1S/C16H14F2N2O/c17-14-7-6-13(9-15(14)18)20-16(21)19-12-5-4-10-2-1-3-11(10)8-12/h4-9H,1-3H2,(H2,19,20,21). The van der Waals surface area contributed by atoms with Gasteiger partial charge in [0.05, 0.1) is 0 Å². The highest BCUT2D eigenvalue weighted by Gasteiger charge is 2.12. The van der Waals surface area contributed by atoms with Gasteiger partial charge < -0.3 is 10.6 Å². The average molecular weight is 288 g/mol. The van der Waals surface area contributed by atoms with E-state index in [1.165, 1.54) is 17.2 Å². The molecule has 2 N–H and O–H groups in total. The van der Waals surface area contributed by atoms with Gasteiger partial charge in [0.2, 0.25) is 0 Å². The first-order chi connectivity index (χ1) is 10.1. The molecule has 0 fully saturated rings. The Morgan fingerprint density at radius 1 is 0.857 bits per heavy atom. The van der Waals surface area contributed by atoms with Crippen molar-refractivity contribution in [3.8, 4) is 0 Å². The molecule has 2 aromatic rings. The van der Waals surface area contributed by atoms with Crippen LogP contribution in [0.2, 0.25) is 0 Å². The maximum Gasteiger partial charge on any atom is 0.323 e. The minimum atomic E-state index is -0.995. The molecular formula is C16H14F2N2O. The number of urea groups is 1. The third-order valence-corrected chi connectivity index (χ3v) is 3.53. The van der Waals surface area contributed by atoms with Gasteiger partial charge in [0.25, 0.3) is 0 Å². The Balaban J connectivity index is 1.67. The van der Waals surface area contributed by atoms with Crippen LogP contribution in [-0.2, 0) is 12.8 Å². The first-order valence-corrected chi connectivity index (χ1v) is 6.77. The molecule has 0 radical (unpaired) electrons. The van der Waals surface area contributed by atoms with Crippen molar-refractivity contribution in [2.45, 2.75) is 19.3 Å². The summed E-state index contributed by atoms with van der Waals surface area (Å²) >= 11 is 0. The molecule has 21 heavy (non-hydrogen) atoms. The summed E-state index contributed by atoms with van der Waals surface area (Å²) < 4.78 is 25.9. The molecule has 2 amide bonds. The van der Waals surface area contributed by atoms with Gasteiger partial charge in [0.1, 0.15) is 0 Å². The van der Waals surface area contributed by atoms with Crippen LogP contribution < -0.4 is 10.6 Å². The molecule has 0 aliphatic heterocycles. The number of aryl methyl sites for hydroxylation is 2. The summed E-state index contributed by atoms with van der Waals surface area (Å²) in [5.74, 6) is -1.94. The van der Waals surface area contributed by atoms with Crippen molar-refractivity contribution >= 4 is 17.4 Å². The van der Waals surface area contributed by atoms with E-state index < -0.39 is 17.7 Å². The lowest BCUT2D eigenvalue weighted by molar-refractivity contribution is 0.262. The number of halogens is 2. The summed E-state index contributed by atoms with van der Waals surface area (Å²) in [6.45, 7) is 0. The van der Waals surface area contributed by atoms with Crippen LogP contribution in [0.4, 0.5) is 25.0 Å². The molecule has 3 rings (SSSR count). The number of fused-ring (bicyclic) bond motifs is 1. The number of carbonyl (C=O) groups is 1. The summed E-state index contributed by atoms with van der Waals surface area (Å²) in [5.41, 5.74) is 3.46. The third-order valence-electron chi connectivity index (χ3n) is 3.53. The molecule has 108 valence electrons. The number of hydrogen-bond donors (Lipinski definition) is 2. The predicted octanol–water partition coefficient (Wildman–Crippen LogP) is 4.10. The quantitative estimate of drug-likeness (QED) is 0.858. The maximum absolute atomic E-state index is 13.1. The molecular weight excluding hydrogens is 274 g/mol. The van der Waals surface area contributed by atoms with Crippen LogP contribution in [-0.4, -0.2) is 6.03 Å². The lowest BCUT2D eigenvalue weighted by atomic mass is 10.1. The topological polar surface area (TPSA) is 41.1 Å². The van der Waals surface area contributed by atoms with Gasteiger partial charge in [-0.15, -0.1) is 0 Å². The highest BCUT2D eigenvalue weighted by molar-refractivity contribution is 5.99. The Bertz CT molecular complexity index is 701. The second kappa shape index (κ2) is 5.52. The molecule has 1 aliphatic carbocycles. The smallest absolute Gasteiger partial charge is 0.308 e. The Morgan fingerprint density at radius 3 is 2.29 bits per heavy atom. The Kier molecular flexibility index (Phi) is 3.56. The lowest BCUT2D eigenvalue weighted by Gasteiger charge is -2.09. The SMILES string of the molecule is O=C(Nc1ccc(F)c(F)c1)Nc1ccc2c(c1)CCC2. The molecule has 0 saturated heterocycles. The van der Waals surface area contributed by atoms with Crippen LogP contribution in [0.15, 0.2) is 36.4 Å². The monoisotopic (exact) mass is 288 g/mol. The highest BCUT2D eigenvalue weighted by atomic mass is 19.2. The molecule has 3 nitrogen and oxygen atoms in total. The van der Waals surface area contributed by atoms with Gasteiger partial charge in [0.15, 0.2) is 11.6 Å². The fraction of sp³-hybridized carbons (Fsp3) is 0.188. The molecule has 0 bridgehead atoms. The maximum atomic E-state index is 13.1. The van der Waals surface area contributed by atoms with Crippen LogP contribution in [0, 0.1) is 11.6 Å². The number of anilines is 2. The van der Waals surface area contributed by atoms with E-state index in [1.807, 2.05) is 18.2 Å². The fourth-order valence-electron chi connectivity index (χ4n) is 2.52. The second-order valence-corrected chi connectivity index (χ2v) is 5.05. The second-order valence-electron chi connectivity index (χ2n) is 5.05.